The summed E-state index contributed by atoms with van der Waals surface area (Å²) >= 11 is 0. The molecule has 0 aliphatic carbocycles. The maximum Gasteiger partial charge on any atom is 0.307 e. The Morgan fingerprint density at radius 1 is 1.14 bits per heavy atom. The van der Waals surface area contributed by atoms with E-state index in [4.69, 9.17) is 20.1 Å². The maximum absolute atomic E-state index is 11.5. The van der Waals surface area contributed by atoms with Crippen LogP contribution in [0.4, 0.5) is 0 Å². The van der Waals surface area contributed by atoms with Gasteiger partial charge in [0.2, 0.25) is 0 Å². The molecule has 0 aromatic heterocycles. The maximum atomic E-state index is 11.5. The molecule has 0 heterocycles. The molecule has 21 heavy (non-hydrogen) atoms. The molecule has 0 aromatic rings. The Bertz CT molecular complexity index is 322. The van der Waals surface area contributed by atoms with Crippen molar-refractivity contribution in [2.75, 3.05) is 13.2 Å². The van der Waals surface area contributed by atoms with Crippen molar-refractivity contribution in [1.82, 2.24) is 0 Å². The minimum Gasteiger partial charge on any atom is -0.481 e. The summed E-state index contributed by atoms with van der Waals surface area (Å²) in [7, 11) is 0. The highest BCUT2D eigenvalue weighted by Gasteiger charge is 2.23. The minimum absolute atomic E-state index is 0.235. The van der Waals surface area contributed by atoms with Gasteiger partial charge >= 0.3 is 11.9 Å². The molecule has 0 spiro atoms. The van der Waals surface area contributed by atoms with Gasteiger partial charge in [-0.2, -0.15) is 0 Å². The summed E-state index contributed by atoms with van der Waals surface area (Å²) in [6.45, 7) is 0.994. The van der Waals surface area contributed by atoms with E-state index in [2.05, 4.69) is 6.08 Å². The van der Waals surface area contributed by atoms with E-state index in [9.17, 15) is 9.59 Å². The molecule has 0 bridgehead atoms. The van der Waals surface area contributed by atoms with Crippen molar-refractivity contribution in [3.05, 3.63) is 12.2 Å². The summed E-state index contributed by atoms with van der Waals surface area (Å²) in [5.41, 5.74) is 0. The third-order valence-corrected chi connectivity index (χ3v) is 3.13. The summed E-state index contributed by atoms with van der Waals surface area (Å²) in [6, 6.07) is 0. The normalized spacial score (nSPS) is 12.8. The number of esters is 1. The Hall–Kier alpha value is -1.40. The van der Waals surface area contributed by atoms with Crippen LogP contribution in [-0.4, -0.2) is 46.6 Å². The number of carboxylic acids is 1. The number of hydrogen-bond donors (Lipinski definition) is 3. The van der Waals surface area contributed by atoms with Crippen LogP contribution in [0, 0.1) is 5.92 Å². The van der Waals surface area contributed by atoms with Gasteiger partial charge < -0.3 is 20.1 Å². The van der Waals surface area contributed by atoms with Crippen LogP contribution in [0.25, 0.3) is 0 Å². The van der Waals surface area contributed by atoms with Crippen molar-refractivity contribution in [1.29, 1.82) is 0 Å². The first-order chi connectivity index (χ1) is 10.0. The first-order valence-corrected chi connectivity index (χ1v) is 7.30. The minimum atomic E-state index is -1.02. The Balaban J connectivity index is 4.06. The van der Waals surface area contributed by atoms with Crippen LogP contribution in [0.2, 0.25) is 0 Å². The molecule has 0 rings (SSSR count). The summed E-state index contributed by atoms with van der Waals surface area (Å²) in [6.07, 6.45) is 6.88. The van der Waals surface area contributed by atoms with E-state index in [1.165, 1.54) is 0 Å². The van der Waals surface area contributed by atoms with Gasteiger partial charge in [-0.1, -0.05) is 25.0 Å². The number of aliphatic hydroxyl groups is 2. The molecule has 6 heteroatoms. The lowest BCUT2D eigenvalue weighted by Crippen LogP contribution is -2.28. The van der Waals surface area contributed by atoms with Crippen LogP contribution in [0.1, 0.15) is 45.4 Å². The Morgan fingerprint density at radius 2 is 1.81 bits per heavy atom. The summed E-state index contributed by atoms with van der Waals surface area (Å²) in [5, 5.41) is 26.7. The standard InChI is InChI=1S/C15H26O6/c1-2-3-4-5-6-7-8-12(15(19)20)9-14(18)21-13(10-16)11-17/h2-3,12-13,16-17H,4-11H2,1H3,(H,19,20)/b3-2+. The number of hydrogen-bond acceptors (Lipinski definition) is 5. The second-order valence-corrected chi connectivity index (χ2v) is 4.92. The van der Waals surface area contributed by atoms with Crippen LogP contribution in [0.15, 0.2) is 12.2 Å². The highest BCUT2D eigenvalue weighted by atomic mass is 16.6. The van der Waals surface area contributed by atoms with Crippen molar-refractivity contribution in [3.63, 3.8) is 0 Å². The largest absolute Gasteiger partial charge is 0.481 e. The van der Waals surface area contributed by atoms with Gasteiger partial charge in [0.1, 0.15) is 6.10 Å². The molecule has 1 atom stereocenters. The summed E-state index contributed by atoms with van der Waals surface area (Å²) in [4.78, 5) is 22.7. The number of allylic oxidation sites excluding steroid dienone is 2. The molecule has 0 aromatic carbocycles. The molecule has 0 aliphatic heterocycles. The monoisotopic (exact) mass is 302 g/mol. The number of carbonyl (C=O) groups is 2. The van der Waals surface area contributed by atoms with E-state index < -0.39 is 37.2 Å². The number of aliphatic hydroxyl groups excluding tert-OH is 2. The van der Waals surface area contributed by atoms with E-state index in [0.717, 1.165) is 25.7 Å². The Morgan fingerprint density at radius 3 is 2.33 bits per heavy atom. The first kappa shape index (κ1) is 19.6. The molecule has 0 saturated heterocycles. The number of rotatable bonds is 12. The SMILES string of the molecule is C/C=C/CCCCCC(CC(=O)OC(CO)CO)C(=O)O. The van der Waals surface area contributed by atoms with Gasteiger partial charge in [0.25, 0.3) is 0 Å². The van der Waals surface area contributed by atoms with Crippen LogP contribution in [0.5, 0.6) is 0 Å². The molecular formula is C15H26O6. The van der Waals surface area contributed by atoms with E-state index in [1.807, 2.05) is 13.0 Å². The second-order valence-electron chi connectivity index (χ2n) is 4.92. The smallest absolute Gasteiger partial charge is 0.307 e. The zero-order valence-electron chi connectivity index (χ0n) is 12.5. The van der Waals surface area contributed by atoms with E-state index in [-0.39, 0.29) is 6.42 Å². The quantitative estimate of drug-likeness (QED) is 0.287. The fourth-order valence-corrected chi connectivity index (χ4v) is 1.88. The third-order valence-electron chi connectivity index (χ3n) is 3.13. The van der Waals surface area contributed by atoms with Crippen molar-refractivity contribution in [2.24, 2.45) is 5.92 Å². The second kappa shape index (κ2) is 12.3. The molecule has 0 fully saturated rings. The Labute approximate surface area is 125 Å². The van der Waals surface area contributed by atoms with Crippen molar-refractivity contribution >= 4 is 11.9 Å². The van der Waals surface area contributed by atoms with Gasteiger partial charge in [-0.15, -0.1) is 0 Å². The lowest BCUT2D eigenvalue weighted by atomic mass is 9.97. The van der Waals surface area contributed by atoms with Gasteiger partial charge in [0.15, 0.2) is 0 Å². The predicted octanol–water partition coefficient (Wildman–Crippen LogP) is 1.50. The van der Waals surface area contributed by atoms with E-state index in [1.54, 1.807) is 0 Å². The number of ether oxygens (including phenoxy) is 1. The van der Waals surface area contributed by atoms with E-state index >= 15 is 0 Å². The van der Waals surface area contributed by atoms with Crippen molar-refractivity contribution < 1.29 is 29.6 Å². The number of unbranched alkanes of at least 4 members (excludes halogenated alkanes) is 3. The molecule has 0 saturated carbocycles. The van der Waals surface area contributed by atoms with E-state index in [0.29, 0.717) is 6.42 Å². The van der Waals surface area contributed by atoms with Crippen LogP contribution < -0.4 is 0 Å². The zero-order chi connectivity index (χ0) is 16.1. The van der Waals surface area contributed by atoms with Crippen LogP contribution >= 0.6 is 0 Å². The predicted molar refractivity (Wildman–Crippen MR) is 77.7 cm³/mol. The molecule has 122 valence electrons. The molecular weight excluding hydrogens is 276 g/mol. The van der Waals surface area contributed by atoms with Gasteiger partial charge in [0, 0.05) is 0 Å². The fourth-order valence-electron chi connectivity index (χ4n) is 1.88. The lowest BCUT2D eigenvalue weighted by Gasteiger charge is -2.15. The van der Waals surface area contributed by atoms with Crippen molar-refractivity contribution in [3.8, 4) is 0 Å². The number of aliphatic carboxylic acids is 1. The van der Waals surface area contributed by atoms with Gasteiger partial charge in [-0.05, 0) is 26.2 Å². The highest BCUT2D eigenvalue weighted by molar-refractivity contribution is 5.78. The number of carboxylic acid groups (broad SMARTS) is 1. The third kappa shape index (κ3) is 10.0. The molecule has 1 unspecified atom stereocenters. The molecule has 6 nitrogen and oxygen atoms in total. The Kier molecular flexibility index (Phi) is 11.5. The fraction of sp³-hybridized carbons (Fsp3) is 0.733. The molecule has 0 radical (unpaired) electrons. The number of carbonyl (C=O) groups excluding carboxylic acids is 1. The van der Waals surface area contributed by atoms with Gasteiger partial charge in [-0.25, -0.2) is 0 Å². The average molecular weight is 302 g/mol. The highest BCUT2D eigenvalue weighted by Crippen LogP contribution is 2.16. The summed E-state index contributed by atoms with van der Waals surface area (Å²) in [5.74, 6) is -2.51. The topological polar surface area (TPSA) is 104 Å². The van der Waals surface area contributed by atoms with Crippen LogP contribution in [0.3, 0.4) is 0 Å². The zero-order valence-corrected chi connectivity index (χ0v) is 12.5. The molecule has 0 aliphatic rings. The first-order valence-electron chi connectivity index (χ1n) is 7.30. The lowest BCUT2D eigenvalue weighted by molar-refractivity contribution is -0.158. The van der Waals surface area contributed by atoms with Crippen molar-refractivity contribution in [2.45, 2.75) is 51.6 Å². The summed E-state index contributed by atoms with van der Waals surface area (Å²) < 4.78 is 4.78. The molecule has 3 N–H and O–H groups in total. The van der Waals surface area contributed by atoms with Gasteiger partial charge in [0.05, 0.1) is 25.6 Å². The van der Waals surface area contributed by atoms with Crippen LogP contribution in [-0.2, 0) is 14.3 Å². The molecule has 0 amide bonds. The van der Waals surface area contributed by atoms with Gasteiger partial charge in [-0.3, -0.25) is 9.59 Å². The average Bonchev–Trinajstić information content (AvgIpc) is 2.46.